The number of anilines is 1. The van der Waals surface area contributed by atoms with Crippen LogP contribution in [-0.2, 0) is 11.2 Å². The zero-order chi connectivity index (χ0) is 26.0. The van der Waals surface area contributed by atoms with E-state index in [9.17, 15) is 22.4 Å². The number of aromatic nitrogens is 2. The van der Waals surface area contributed by atoms with Gasteiger partial charge in [-0.1, -0.05) is 26.8 Å². The van der Waals surface area contributed by atoms with Crippen LogP contribution in [0.3, 0.4) is 0 Å². The lowest BCUT2D eigenvalue weighted by atomic mass is 9.96. The molecule has 0 bridgehead atoms. The fourth-order valence-corrected chi connectivity index (χ4v) is 4.87. The molecule has 11 heteroatoms. The largest absolute Gasteiger partial charge is 0.573 e. The van der Waals surface area contributed by atoms with E-state index in [1.807, 2.05) is 13.8 Å². The third-order valence-electron chi connectivity index (χ3n) is 6.75. The van der Waals surface area contributed by atoms with E-state index in [1.54, 1.807) is 11.2 Å². The van der Waals surface area contributed by atoms with Gasteiger partial charge in [0.25, 0.3) is 0 Å². The summed E-state index contributed by atoms with van der Waals surface area (Å²) in [5.41, 5.74) is 2.53. The monoisotopic (exact) mass is 509 g/mol. The van der Waals surface area contributed by atoms with Gasteiger partial charge in [-0.15, -0.1) is 13.2 Å². The molecule has 1 amide bonds. The van der Waals surface area contributed by atoms with Crippen molar-refractivity contribution < 1.29 is 27.1 Å². The molecule has 0 saturated carbocycles. The summed E-state index contributed by atoms with van der Waals surface area (Å²) in [6, 6.07) is 3.26. The van der Waals surface area contributed by atoms with E-state index in [-0.39, 0.29) is 24.1 Å². The van der Waals surface area contributed by atoms with Gasteiger partial charge in [0.15, 0.2) is 11.6 Å². The third-order valence-corrected chi connectivity index (χ3v) is 6.75. The quantitative estimate of drug-likeness (QED) is 0.570. The molecule has 1 aromatic heterocycles. The summed E-state index contributed by atoms with van der Waals surface area (Å²) in [4.78, 5) is 26.4. The van der Waals surface area contributed by atoms with Gasteiger partial charge in [-0.3, -0.25) is 4.79 Å². The van der Waals surface area contributed by atoms with E-state index >= 15 is 0 Å². The average Bonchev–Trinajstić information content (AvgIpc) is 3.21. The van der Waals surface area contributed by atoms with Crippen LogP contribution >= 0.6 is 0 Å². The highest BCUT2D eigenvalue weighted by molar-refractivity contribution is 5.84. The first-order chi connectivity index (χ1) is 17.0. The van der Waals surface area contributed by atoms with Crippen molar-refractivity contribution in [3.05, 3.63) is 47.2 Å². The highest BCUT2D eigenvalue weighted by Crippen LogP contribution is 2.37. The van der Waals surface area contributed by atoms with Crippen LogP contribution in [0.1, 0.15) is 55.8 Å². The molecule has 196 valence electrons. The fourth-order valence-electron chi connectivity index (χ4n) is 4.87. The number of carbonyl (C=O) groups is 1. The van der Waals surface area contributed by atoms with Crippen molar-refractivity contribution in [2.75, 3.05) is 37.6 Å². The van der Waals surface area contributed by atoms with Crippen molar-refractivity contribution in [3.63, 3.8) is 0 Å². The lowest BCUT2D eigenvalue weighted by molar-refractivity contribution is -0.275. The number of nitrogens with zero attached hydrogens (tertiary/aromatic N) is 4. The molecule has 2 aliphatic rings. The van der Waals surface area contributed by atoms with Crippen LogP contribution in [0, 0.1) is 5.82 Å². The normalized spacial score (nSPS) is 18.9. The molecular formula is C25H31F4N5O2. The molecule has 1 N–H and O–H groups in total. The number of ether oxygens (including phenoxy) is 1. The summed E-state index contributed by atoms with van der Waals surface area (Å²) in [5.74, 6) is -1.80. The summed E-state index contributed by atoms with van der Waals surface area (Å²) in [5, 5.41) is 3.18. The molecule has 1 aliphatic heterocycles. The third kappa shape index (κ3) is 5.88. The Hall–Kier alpha value is -2.95. The zero-order valence-corrected chi connectivity index (χ0v) is 20.6. The highest BCUT2D eigenvalue weighted by atomic mass is 19.4. The lowest BCUT2D eigenvalue weighted by Crippen LogP contribution is -2.51. The standard InChI is InChI=1S/C25H31F4N5O2/c1-15(2)30-13-18(17-5-6-19(26)21(12-17)36-25(27,28)29)24(35)34-10-8-33(9-11-34)23-22-16(3)4-7-20(22)31-14-32-23/h5-6,12,14-16,18,30H,4,7-11,13H2,1-3H3/t16?,18-/m1/s1. The fraction of sp³-hybridized carbons (Fsp3) is 0.560. The second-order valence-corrected chi connectivity index (χ2v) is 9.66. The maximum absolute atomic E-state index is 14.0. The number of halogens is 4. The SMILES string of the molecule is CC(C)NC[C@@H](C(=O)N1CCN(c2ncnc3c2C(C)CC3)CC1)c1ccc(F)c(OC(F)(F)F)c1. The predicted molar refractivity (Wildman–Crippen MR) is 127 cm³/mol. The zero-order valence-electron chi connectivity index (χ0n) is 20.6. The molecule has 1 aromatic carbocycles. The molecule has 0 spiro atoms. The number of alkyl halides is 3. The number of rotatable bonds is 7. The van der Waals surface area contributed by atoms with Gasteiger partial charge in [0, 0.05) is 50.0 Å². The van der Waals surface area contributed by atoms with E-state index in [0.29, 0.717) is 32.1 Å². The van der Waals surface area contributed by atoms with Gasteiger partial charge in [0.1, 0.15) is 12.1 Å². The van der Waals surface area contributed by atoms with Crippen LogP contribution in [0.2, 0.25) is 0 Å². The molecule has 2 heterocycles. The number of hydrogen-bond acceptors (Lipinski definition) is 6. The van der Waals surface area contributed by atoms with Crippen LogP contribution in [0.5, 0.6) is 5.75 Å². The molecule has 7 nitrogen and oxygen atoms in total. The molecule has 1 fully saturated rings. The van der Waals surface area contributed by atoms with Gasteiger partial charge in [0.2, 0.25) is 5.91 Å². The lowest BCUT2D eigenvalue weighted by Gasteiger charge is -2.38. The number of hydrogen-bond donors (Lipinski definition) is 1. The maximum atomic E-state index is 14.0. The topological polar surface area (TPSA) is 70.6 Å². The van der Waals surface area contributed by atoms with Crippen molar-refractivity contribution in [3.8, 4) is 5.75 Å². The molecule has 1 saturated heterocycles. The Balaban J connectivity index is 1.51. The number of aryl methyl sites for hydroxylation is 1. The van der Waals surface area contributed by atoms with Gasteiger partial charge in [-0.05, 0) is 36.5 Å². The van der Waals surface area contributed by atoms with Crippen molar-refractivity contribution in [1.82, 2.24) is 20.2 Å². The number of nitrogens with one attached hydrogen (secondary N) is 1. The molecule has 2 atom stereocenters. The Morgan fingerprint density at radius 1 is 1.19 bits per heavy atom. The van der Waals surface area contributed by atoms with Crippen LogP contribution in [-0.4, -0.2) is 65.9 Å². The number of fused-ring (bicyclic) bond motifs is 1. The minimum absolute atomic E-state index is 0.0466. The van der Waals surface area contributed by atoms with Crippen molar-refractivity contribution in [2.45, 2.75) is 57.9 Å². The van der Waals surface area contributed by atoms with E-state index < -0.39 is 23.8 Å². The van der Waals surface area contributed by atoms with Gasteiger partial charge < -0.3 is 19.9 Å². The summed E-state index contributed by atoms with van der Waals surface area (Å²) in [7, 11) is 0. The minimum Gasteiger partial charge on any atom is -0.403 e. The summed E-state index contributed by atoms with van der Waals surface area (Å²) in [6.45, 7) is 8.23. The molecule has 1 unspecified atom stereocenters. The molecule has 36 heavy (non-hydrogen) atoms. The van der Waals surface area contributed by atoms with Gasteiger partial charge in [0.05, 0.1) is 5.92 Å². The van der Waals surface area contributed by atoms with E-state index in [0.717, 1.165) is 36.5 Å². The smallest absolute Gasteiger partial charge is 0.403 e. The Morgan fingerprint density at radius 2 is 1.92 bits per heavy atom. The van der Waals surface area contributed by atoms with Gasteiger partial charge in [-0.25, -0.2) is 14.4 Å². The van der Waals surface area contributed by atoms with Crippen LogP contribution < -0.4 is 15.0 Å². The molecule has 2 aromatic rings. The van der Waals surface area contributed by atoms with Gasteiger partial charge in [-0.2, -0.15) is 0 Å². The Labute approximate surface area is 207 Å². The summed E-state index contributed by atoms with van der Waals surface area (Å²) < 4.78 is 56.1. The number of benzene rings is 1. The van der Waals surface area contributed by atoms with Gasteiger partial charge >= 0.3 is 6.36 Å². The maximum Gasteiger partial charge on any atom is 0.573 e. The van der Waals surface area contributed by atoms with Crippen LogP contribution in [0.15, 0.2) is 24.5 Å². The van der Waals surface area contributed by atoms with Crippen LogP contribution in [0.25, 0.3) is 0 Å². The number of piperazine rings is 1. The summed E-state index contributed by atoms with van der Waals surface area (Å²) in [6.07, 6.45) is -1.47. The van der Waals surface area contributed by atoms with Crippen molar-refractivity contribution >= 4 is 11.7 Å². The first-order valence-electron chi connectivity index (χ1n) is 12.2. The summed E-state index contributed by atoms with van der Waals surface area (Å²) >= 11 is 0. The number of carbonyl (C=O) groups excluding carboxylic acids is 1. The van der Waals surface area contributed by atoms with E-state index in [2.05, 4.69) is 31.8 Å². The minimum atomic E-state index is -5.04. The Morgan fingerprint density at radius 3 is 2.58 bits per heavy atom. The first-order valence-corrected chi connectivity index (χ1v) is 12.2. The predicted octanol–water partition coefficient (Wildman–Crippen LogP) is 3.99. The van der Waals surface area contributed by atoms with Crippen LogP contribution in [0.4, 0.5) is 23.4 Å². The molecule has 0 radical (unpaired) electrons. The molecule has 4 rings (SSSR count). The van der Waals surface area contributed by atoms with Crippen molar-refractivity contribution in [1.29, 1.82) is 0 Å². The van der Waals surface area contributed by atoms with E-state index in [1.165, 1.54) is 11.6 Å². The number of amides is 1. The Kier molecular flexibility index (Phi) is 7.67. The van der Waals surface area contributed by atoms with Crippen molar-refractivity contribution in [2.24, 2.45) is 0 Å². The van der Waals surface area contributed by atoms with E-state index in [4.69, 9.17) is 0 Å². The molecule has 1 aliphatic carbocycles. The highest BCUT2D eigenvalue weighted by Gasteiger charge is 2.35. The molecular weight excluding hydrogens is 478 g/mol. The second-order valence-electron chi connectivity index (χ2n) is 9.66. The Bertz CT molecular complexity index is 1090. The first kappa shape index (κ1) is 26.1. The second kappa shape index (κ2) is 10.6. The average molecular weight is 510 g/mol.